The lowest BCUT2D eigenvalue weighted by Crippen LogP contribution is -2.22. The predicted octanol–water partition coefficient (Wildman–Crippen LogP) is 1.00. The highest BCUT2D eigenvalue weighted by Crippen LogP contribution is 2.08. The minimum absolute atomic E-state index is 0.00153. The molecule has 0 aromatic carbocycles. The third kappa shape index (κ3) is 3.14. The van der Waals surface area contributed by atoms with Crippen LogP contribution in [0.3, 0.4) is 0 Å². The van der Waals surface area contributed by atoms with Gasteiger partial charge in [-0.1, -0.05) is 6.92 Å². The monoisotopic (exact) mass is 193 g/mol. The number of rotatable bonds is 4. The molecule has 0 saturated heterocycles. The van der Waals surface area contributed by atoms with Crippen LogP contribution >= 0.6 is 0 Å². The first-order valence-corrected chi connectivity index (χ1v) is 4.65. The van der Waals surface area contributed by atoms with Gasteiger partial charge < -0.3 is 11.1 Å². The van der Waals surface area contributed by atoms with Crippen molar-refractivity contribution in [1.29, 1.82) is 0 Å². The van der Waals surface area contributed by atoms with E-state index in [0.29, 0.717) is 13.0 Å². The molecule has 1 amide bonds. The maximum absolute atomic E-state index is 11.5. The fourth-order valence-corrected chi connectivity index (χ4v) is 1.08. The molecule has 1 rings (SSSR count). The van der Waals surface area contributed by atoms with Gasteiger partial charge >= 0.3 is 0 Å². The molecule has 0 radical (unpaired) electrons. The predicted molar refractivity (Wildman–Crippen MR) is 55.7 cm³/mol. The summed E-state index contributed by atoms with van der Waals surface area (Å²) in [5, 5.41) is 2.79. The molecule has 0 aliphatic heterocycles. The van der Waals surface area contributed by atoms with E-state index in [1.54, 1.807) is 24.5 Å². The molecule has 1 unspecified atom stereocenters. The fraction of sp³-hybridized carbons (Fsp3) is 0.400. The SMILES string of the molecule is CC(CCN)C(=O)Nc1ccncc1. The minimum atomic E-state index is -0.0480. The lowest BCUT2D eigenvalue weighted by atomic mass is 10.1. The molecule has 4 heteroatoms. The zero-order valence-electron chi connectivity index (χ0n) is 8.23. The summed E-state index contributed by atoms with van der Waals surface area (Å²) in [7, 11) is 0. The number of pyridine rings is 1. The summed E-state index contributed by atoms with van der Waals surface area (Å²) in [5.74, 6) is -0.0465. The lowest BCUT2D eigenvalue weighted by Gasteiger charge is -2.10. The molecule has 14 heavy (non-hydrogen) atoms. The second-order valence-corrected chi connectivity index (χ2v) is 3.20. The van der Waals surface area contributed by atoms with Crippen LogP contribution in [0.25, 0.3) is 0 Å². The van der Waals surface area contributed by atoms with Crippen molar-refractivity contribution in [3.63, 3.8) is 0 Å². The van der Waals surface area contributed by atoms with Crippen molar-refractivity contribution in [2.75, 3.05) is 11.9 Å². The molecular formula is C10H15N3O. The third-order valence-electron chi connectivity index (χ3n) is 2.00. The van der Waals surface area contributed by atoms with E-state index in [-0.39, 0.29) is 11.8 Å². The highest BCUT2D eigenvalue weighted by molar-refractivity contribution is 5.92. The summed E-state index contributed by atoms with van der Waals surface area (Å²) in [5.41, 5.74) is 6.14. The first-order chi connectivity index (χ1) is 6.74. The standard InChI is InChI=1S/C10H15N3O/c1-8(2-5-11)10(14)13-9-3-6-12-7-4-9/h3-4,6-8H,2,5,11H2,1H3,(H,12,13,14). The number of nitrogens with zero attached hydrogens (tertiary/aromatic N) is 1. The Balaban J connectivity index is 2.49. The Morgan fingerprint density at radius 1 is 1.57 bits per heavy atom. The van der Waals surface area contributed by atoms with Crippen LogP contribution in [-0.4, -0.2) is 17.4 Å². The number of amides is 1. The Hall–Kier alpha value is -1.42. The van der Waals surface area contributed by atoms with Crippen LogP contribution in [0.15, 0.2) is 24.5 Å². The van der Waals surface area contributed by atoms with E-state index in [9.17, 15) is 4.79 Å². The molecule has 0 saturated carbocycles. The number of nitrogens with two attached hydrogens (primary N) is 1. The molecule has 3 N–H and O–H groups in total. The van der Waals surface area contributed by atoms with E-state index in [1.165, 1.54) is 0 Å². The van der Waals surface area contributed by atoms with Gasteiger partial charge in [0.2, 0.25) is 5.91 Å². The van der Waals surface area contributed by atoms with Gasteiger partial charge in [0, 0.05) is 24.0 Å². The third-order valence-corrected chi connectivity index (χ3v) is 2.00. The Morgan fingerprint density at radius 2 is 2.21 bits per heavy atom. The average molecular weight is 193 g/mol. The maximum Gasteiger partial charge on any atom is 0.227 e. The van der Waals surface area contributed by atoms with Gasteiger partial charge in [0.25, 0.3) is 0 Å². The average Bonchev–Trinajstić information content (AvgIpc) is 2.19. The van der Waals surface area contributed by atoms with Crippen molar-refractivity contribution in [2.45, 2.75) is 13.3 Å². The molecule has 4 nitrogen and oxygen atoms in total. The van der Waals surface area contributed by atoms with Crippen LogP contribution < -0.4 is 11.1 Å². The molecule has 0 aliphatic carbocycles. The topological polar surface area (TPSA) is 68.0 Å². The van der Waals surface area contributed by atoms with Crippen molar-refractivity contribution in [2.24, 2.45) is 11.7 Å². The number of anilines is 1. The van der Waals surface area contributed by atoms with Gasteiger partial charge in [-0.05, 0) is 25.1 Å². The molecule has 0 spiro atoms. The molecule has 76 valence electrons. The first-order valence-electron chi connectivity index (χ1n) is 4.65. The van der Waals surface area contributed by atoms with Crippen LogP contribution in [0, 0.1) is 5.92 Å². The fourth-order valence-electron chi connectivity index (χ4n) is 1.08. The van der Waals surface area contributed by atoms with E-state index in [4.69, 9.17) is 5.73 Å². The van der Waals surface area contributed by atoms with Gasteiger partial charge in [-0.25, -0.2) is 0 Å². The summed E-state index contributed by atoms with van der Waals surface area (Å²) >= 11 is 0. The summed E-state index contributed by atoms with van der Waals surface area (Å²) in [6, 6.07) is 3.51. The molecule has 0 fully saturated rings. The molecule has 0 aliphatic rings. The second-order valence-electron chi connectivity index (χ2n) is 3.20. The molecule has 0 bridgehead atoms. The van der Waals surface area contributed by atoms with Crippen molar-refractivity contribution < 1.29 is 4.79 Å². The number of hydrogen-bond donors (Lipinski definition) is 2. The molecule has 1 heterocycles. The van der Waals surface area contributed by atoms with Gasteiger partial charge in [-0.15, -0.1) is 0 Å². The van der Waals surface area contributed by atoms with E-state index < -0.39 is 0 Å². The smallest absolute Gasteiger partial charge is 0.227 e. The quantitative estimate of drug-likeness (QED) is 0.749. The van der Waals surface area contributed by atoms with Crippen LogP contribution in [0.1, 0.15) is 13.3 Å². The number of aromatic nitrogens is 1. The Morgan fingerprint density at radius 3 is 2.79 bits per heavy atom. The maximum atomic E-state index is 11.5. The minimum Gasteiger partial charge on any atom is -0.330 e. The van der Waals surface area contributed by atoms with Crippen LogP contribution in [0.5, 0.6) is 0 Å². The Bertz CT molecular complexity index is 287. The largest absolute Gasteiger partial charge is 0.330 e. The van der Waals surface area contributed by atoms with Crippen LogP contribution in [-0.2, 0) is 4.79 Å². The first kappa shape index (κ1) is 10.7. The highest BCUT2D eigenvalue weighted by atomic mass is 16.1. The summed E-state index contributed by atoms with van der Waals surface area (Å²) in [6.45, 7) is 2.40. The molecular weight excluding hydrogens is 178 g/mol. The second kappa shape index (κ2) is 5.34. The van der Waals surface area contributed by atoms with Crippen LogP contribution in [0.2, 0.25) is 0 Å². The van der Waals surface area contributed by atoms with E-state index >= 15 is 0 Å². The number of carbonyl (C=O) groups excluding carboxylic acids is 1. The van der Waals surface area contributed by atoms with Gasteiger partial charge in [0.15, 0.2) is 0 Å². The zero-order valence-corrected chi connectivity index (χ0v) is 8.23. The van der Waals surface area contributed by atoms with Gasteiger partial charge in [-0.2, -0.15) is 0 Å². The van der Waals surface area contributed by atoms with Gasteiger partial charge in [-0.3, -0.25) is 9.78 Å². The Kier molecular flexibility index (Phi) is 4.07. The van der Waals surface area contributed by atoms with Crippen molar-refractivity contribution >= 4 is 11.6 Å². The lowest BCUT2D eigenvalue weighted by molar-refractivity contribution is -0.119. The summed E-state index contributed by atoms with van der Waals surface area (Å²) in [6.07, 6.45) is 3.99. The van der Waals surface area contributed by atoms with Crippen molar-refractivity contribution in [1.82, 2.24) is 4.98 Å². The van der Waals surface area contributed by atoms with Gasteiger partial charge in [0.05, 0.1) is 0 Å². The number of carbonyl (C=O) groups is 1. The molecule has 1 aromatic rings. The number of nitrogens with one attached hydrogen (secondary N) is 1. The molecule has 1 atom stereocenters. The normalized spacial score (nSPS) is 12.1. The van der Waals surface area contributed by atoms with Crippen molar-refractivity contribution in [3.05, 3.63) is 24.5 Å². The zero-order chi connectivity index (χ0) is 10.4. The van der Waals surface area contributed by atoms with Crippen LogP contribution in [0.4, 0.5) is 5.69 Å². The van der Waals surface area contributed by atoms with E-state index in [1.807, 2.05) is 6.92 Å². The van der Waals surface area contributed by atoms with Crippen molar-refractivity contribution in [3.8, 4) is 0 Å². The number of hydrogen-bond acceptors (Lipinski definition) is 3. The van der Waals surface area contributed by atoms with Gasteiger partial charge in [0.1, 0.15) is 0 Å². The summed E-state index contributed by atoms with van der Waals surface area (Å²) in [4.78, 5) is 15.4. The Labute approximate surface area is 83.5 Å². The molecule has 1 aromatic heterocycles. The summed E-state index contributed by atoms with van der Waals surface area (Å²) < 4.78 is 0. The highest BCUT2D eigenvalue weighted by Gasteiger charge is 2.11. The van der Waals surface area contributed by atoms with E-state index in [2.05, 4.69) is 10.3 Å². The van der Waals surface area contributed by atoms with E-state index in [0.717, 1.165) is 5.69 Å².